The van der Waals surface area contributed by atoms with E-state index in [1.165, 1.54) is 0 Å². The number of benzene rings is 1. The van der Waals surface area contributed by atoms with E-state index < -0.39 is 0 Å². The monoisotopic (exact) mass is 278 g/mol. The molecule has 4 nitrogen and oxygen atoms in total. The molecule has 0 aliphatic rings. The second-order valence-electron chi connectivity index (χ2n) is 4.36. The molecule has 0 fully saturated rings. The zero-order valence-corrected chi connectivity index (χ0v) is 11.5. The number of carbonyl (C=O) groups is 1. The van der Waals surface area contributed by atoms with Crippen molar-refractivity contribution < 1.29 is 9.21 Å². The summed E-state index contributed by atoms with van der Waals surface area (Å²) in [6.07, 6.45) is 0. The standard InChI is InChI=1S/C14H15ClN2O2/c1-8-10(15)4-3-5-11(8)17-14(18)13-7-6-12(19-13)9(2)16/h3-7,9H,16H2,1-2H3,(H,17,18). The minimum Gasteiger partial charge on any atom is -0.454 e. The molecule has 5 heteroatoms. The van der Waals surface area contributed by atoms with Crippen LogP contribution in [0.2, 0.25) is 5.02 Å². The van der Waals surface area contributed by atoms with Crippen molar-refractivity contribution in [3.05, 3.63) is 52.4 Å². The van der Waals surface area contributed by atoms with Gasteiger partial charge >= 0.3 is 0 Å². The van der Waals surface area contributed by atoms with Crippen LogP contribution in [0.15, 0.2) is 34.7 Å². The molecular formula is C14H15ClN2O2. The summed E-state index contributed by atoms with van der Waals surface area (Å²) < 4.78 is 5.38. The minimum absolute atomic E-state index is 0.228. The number of anilines is 1. The first-order chi connectivity index (χ1) is 8.99. The van der Waals surface area contributed by atoms with Gasteiger partial charge in [-0.2, -0.15) is 0 Å². The maximum absolute atomic E-state index is 12.0. The summed E-state index contributed by atoms with van der Waals surface area (Å²) in [5, 5.41) is 3.37. The molecule has 2 aromatic rings. The number of amides is 1. The smallest absolute Gasteiger partial charge is 0.291 e. The van der Waals surface area contributed by atoms with Crippen molar-refractivity contribution in [2.24, 2.45) is 5.73 Å². The molecule has 0 aliphatic carbocycles. The van der Waals surface area contributed by atoms with Crippen molar-refractivity contribution >= 4 is 23.2 Å². The molecule has 1 unspecified atom stereocenters. The van der Waals surface area contributed by atoms with Crippen LogP contribution in [-0.2, 0) is 0 Å². The van der Waals surface area contributed by atoms with Gasteiger partial charge in [0, 0.05) is 10.7 Å². The number of rotatable bonds is 3. The van der Waals surface area contributed by atoms with E-state index in [2.05, 4.69) is 5.32 Å². The fourth-order valence-electron chi connectivity index (χ4n) is 1.65. The lowest BCUT2D eigenvalue weighted by atomic mass is 10.2. The lowest BCUT2D eigenvalue weighted by Crippen LogP contribution is -2.12. The summed E-state index contributed by atoms with van der Waals surface area (Å²) in [7, 11) is 0. The van der Waals surface area contributed by atoms with Gasteiger partial charge < -0.3 is 15.5 Å². The second-order valence-corrected chi connectivity index (χ2v) is 4.76. The van der Waals surface area contributed by atoms with Crippen molar-refractivity contribution in [1.82, 2.24) is 0 Å². The van der Waals surface area contributed by atoms with Gasteiger partial charge in [0.15, 0.2) is 5.76 Å². The summed E-state index contributed by atoms with van der Waals surface area (Å²) in [5.41, 5.74) is 7.16. The highest BCUT2D eigenvalue weighted by molar-refractivity contribution is 6.31. The van der Waals surface area contributed by atoms with Gasteiger partial charge in [-0.05, 0) is 43.7 Å². The molecule has 1 heterocycles. The average Bonchev–Trinajstić information content (AvgIpc) is 2.84. The largest absolute Gasteiger partial charge is 0.454 e. The maximum Gasteiger partial charge on any atom is 0.291 e. The molecule has 100 valence electrons. The van der Waals surface area contributed by atoms with Crippen molar-refractivity contribution in [2.75, 3.05) is 5.32 Å². The molecule has 1 aromatic carbocycles. The Morgan fingerprint density at radius 3 is 2.74 bits per heavy atom. The Hall–Kier alpha value is -1.78. The van der Waals surface area contributed by atoms with E-state index in [4.69, 9.17) is 21.8 Å². The quantitative estimate of drug-likeness (QED) is 0.903. The van der Waals surface area contributed by atoms with Gasteiger partial charge in [-0.3, -0.25) is 4.79 Å². The van der Waals surface area contributed by atoms with Crippen LogP contribution in [0.4, 0.5) is 5.69 Å². The molecule has 1 atom stereocenters. The van der Waals surface area contributed by atoms with Crippen molar-refractivity contribution in [2.45, 2.75) is 19.9 Å². The highest BCUT2D eigenvalue weighted by Gasteiger charge is 2.14. The average molecular weight is 279 g/mol. The van der Waals surface area contributed by atoms with Crippen LogP contribution in [0.1, 0.15) is 34.8 Å². The topological polar surface area (TPSA) is 68.3 Å². The molecule has 1 amide bonds. The maximum atomic E-state index is 12.0. The lowest BCUT2D eigenvalue weighted by molar-refractivity contribution is 0.0994. The highest BCUT2D eigenvalue weighted by Crippen LogP contribution is 2.24. The third-order valence-corrected chi connectivity index (χ3v) is 3.22. The van der Waals surface area contributed by atoms with Crippen molar-refractivity contribution in [1.29, 1.82) is 0 Å². The molecule has 0 bridgehead atoms. The predicted molar refractivity (Wildman–Crippen MR) is 75.5 cm³/mol. The number of hydrogen-bond donors (Lipinski definition) is 2. The molecule has 2 rings (SSSR count). The molecule has 0 aliphatic heterocycles. The fraction of sp³-hybridized carbons (Fsp3) is 0.214. The summed E-state index contributed by atoms with van der Waals surface area (Å²) in [6.45, 7) is 3.63. The minimum atomic E-state index is -0.322. The second kappa shape index (κ2) is 5.47. The number of nitrogens with two attached hydrogens (primary N) is 1. The number of hydrogen-bond acceptors (Lipinski definition) is 3. The molecule has 0 radical (unpaired) electrons. The summed E-state index contributed by atoms with van der Waals surface area (Å²) >= 11 is 6.00. The van der Waals surface area contributed by atoms with Crippen LogP contribution in [0.3, 0.4) is 0 Å². The van der Waals surface area contributed by atoms with Gasteiger partial charge in [-0.25, -0.2) is 0 Å². The normalized spacial score (nSPS) is 12.2. The molecule has 0 saturated heterocycles. The fourth-order valence-corrected chi connectivity index (χ4v) is 1.82. The van der Waals surface area contributed by atoms with E-state index in [1.54, 1.807) is 37.3 Å². The summed E-state index contributed by atoms with van der Waals surface area (Å²) in [4.78, 5) is 12.0. The third kappa shape index (κ3) is 2.97. The van der Waals surface area contributed by atoms with E-state index in [9.17, 15) is 4.79 Å². The van der Waals surface area contributed by atoms with E-state index >= 15 is 0 Å². The van der Waals surface area contributed by atoms with Crippen LogP contribution in [-0.4, -0.2) is 5.91 Å². The Bertz CT molecular complexity index is 605. The van der Waals surface area contributed by atoms with E-state index in [1.807, 2.05) is 6.92 Å². The van der Waals surface area contributed by atoms with Crippen molar-refractivity contribution in [3.63, 3.8) is 0 Å². The van der Waals surface area contributed by atoms with Gasteiger partial charge in [-0.15, -0.1) is 0 Å². The Morgan fingerprint density at radius 2 is 2.11 bits per heavy atom. The Kier molecular flexibility index (Phi) is 3.93. The number of carbonyl (C=O) groups excluding carboxylic acids is 1. The Labute approximate surface area is 116 Å². The van der Waals surface area contributed by atoms with E-state index in [-0.39, 0.29) is 17.7 Å². The zero-order valence-electron chi connectivity index (χ0n) is 10.7. The first-order valence-corrected chi connectivity index (χ1v) is 6.28. The summed E-state index contributed by atoms with van der Waals surface area (Å²) in [6, 6.07) is 8.40. The molecule has 0 saturated carbocycles. The lowest BCUT2D eigenvalue weighted by Gasteiger charge is -2.08. The molecule has 3 N–H and O–H groups in total. The van der Waals surface area contributed by atoms with Crippen LogP contribution >= 0.6 is 11.6 Å². The van der Waals surface area contributed by atoms with Crippen LogP contribution in [0.25, 0.3) is 0 Å². The Balaban J connectivity index is 2.18. The molecule has 19 heavy (non-hydrogen) atoms. The van der Waals surface area contributed by atoms with Crippen LogP contribution < -0.4 is 11.1 Å². The van der Waals surface area contributed by atoms with E-state index in [0.29, 0.717) is 16.5 Å². The molecule has 0 spiro atoms. The van der Waals surface area contributed by atoms with Gasteiger partial charge in [0.1, 0.15) is 5.76 Å². The number of halogens is 1. The van der Waals surface area contributed by atoms with E-state index in [0.717, 1.165) is 5.56 Å². The number of furan rings is 1. The molecule has 1 aromatic heterocycles. The molecular weight excluding hydrogens is 264 g/mol. The first-order valence-electron chi connectivity index (χ1n) is 5.91. The van der Waals surface area contributed by atoms with Gasteiger partial charge in [-0.1, -0.05) is 17.7 Å². The van der Waals surface area contributed by atoms with Crippen LogP contribution in [0, 0.1) is 6.92 Å². The van der Waals surface area contributed by atoms with Gasteiger partial charge in [0.2, 0.25) is 0 Å². The van der Waals surface area contributed by atoms with Crippen LogP contribution in [0.5, 0.6) is 0 Å². The third-order valence-electron chi connectivity index (χ3n) is 2.82. The predicted octanol–water partition coefficient (Wildman–Crippen LogP) is 3.51. The SMILES string of the molecule is Cc1c(Cl)cccc1NC(=O)c1ccc(C(C)N)o1. The van der Waals surface area contributed by atoms with Gasteiger partial charge in [0.05, 0.1) is 6.04 Å². The zero-order chi connectivity index (χ0) is 14.0. The van der Waals surface area contributed by atoms with Crippen molar-refractivity contribution in [3.8, 4) is 0 Å². The first kappa shape index (κ1) is 13.6. The number of nitrogens with one attached hydrogen (secondary N) is 1. The Morgan fingerprint density at radius 1 is 1.37 bits per heavy atom. The highest BCUT2D eigenvalue weighted by atomic mass is 35.5. The van der Waals surface area contributed by atoms with Gasteiger partial charge in [0.25, 0.3) is 5.91 Å². The summed E-state index contributed by atoms with van der Waals surface area (Å²) in [5.74, 6) is 0.483.